The Morgan fingerprint density at radius 1 is 1.31 bits per heavy atom. The highest BCUT2D eigenvalue weighted by molar-refractivity contribution is 4.78. The molecule has 0 bridgehead atoms. The fourth-order valence-electron chi connectivity index (χ4n) is 1.25. The lowest BCUT2D eigenvalue weighted by molar-refractivity contribution is -0.0105. The van der Waals surface area contributed by atoms with Crippen LogP contribution in [0.25, 0.3) is 0 Å². The maximum absolute atomic E-state index is 9.77. The maximum atomic E-state index is 9.77. The van der Waals surface area contributed by atoms with Crippen LogP contribution in [0, 0.1) is 0 Å². The molecule has 0 spiro atoms. The van der Waals surface area contributed by atoms with Gasteiger partial charge in [0.1, 0.15) is 0 Å². The van der Waals surface area contributed by atoms with Crippen LogP contribution in [0.2, 0.25) is 0 Å². The van der Waals surface area contributed by atoms with E-state index in [2.05, 4.69) is 25.7 Å². The van der Waals surface area contributed by atoms with E-state index in [9.17, 15) is 5.11 Å². The first kappa shape index (κ1) is 15.8. The van der Waals surface area contributed by atoms with Crippen molar-refractivity contribution in [2.24, 2.45) is 0 Å². The highest BCUT2D eigenvalue weighted by Crippen LogP contribution is 2.16. The lowest BCUT2D eigenvalue weighted by Crippen LogP contribution is -2.45. The molecule has 0 aromatic rings. The van der Waals surface area contributed by atoms with Crippen LogP contribution in [-0.2, 0) is 9.47 Å². The van der Waals surface area contributed by atoms with E-state index in [1.807, 2.05) is 7.05 Å². The van der Waals surface area contributed by atoms with Gasteiger partial charge < -0.3 is 14.6 Å². The van der Waals surface area contributed by atoms with Gasteiger partial charge in [-0.3, -0.25) is 4.90 Å². The third-order valence-corrected chi connectivity index (χ3v) is 3.13. The van der Waals surface area contributed by atoms with Crippen LogP contribution in [0.5, 0.6) is 0 Å². The fraction of sp³-hybridized carbons (Fsp3) is 1.00. The highest BCUT2D eigenvalue weighted by atomic mass is 16.5. The Balaban J connectivity index is 3.73. The summed E-state index contributed by atoms with van der Waals surface area (Å²) in [5.41, 5.74) is 0.119. The lowest BCUT2D eigenvalue weighted by Gasteiger charge is -2.36. The molecule has 0 fully saturated rings. The number of rotatable bonds is 9. The Labute approximate surface area is 99.5 Å². The van der Waals surface area contributed by atoms with Crippen molar-refractivity contribution in [3.63, 3.8) is 0 Å². The van der Waals surface area contributed by atoms with Crippen molar-refractivity contribution in [1.82, 2.24) is 4.90 Å². The molecule has 16 heavy (non-hydrogen) atoms. The summed E-state index contributed by atoms with van der Waals surface area (Å²) in [6.45, 7) is 8.60. The number of ether oxygens (including phenoxy) is 2. The molecule has 1 N–H and O–H groups in total. The largest absolute Gasteiger partial charge is 0.389 e. The molecule has 1 atom stereocenters. The molecule has 0 aromatic carbocycles. The van der Waals surface area contributed by atoms with Gasteiger partial charge in [-0.25, -0.2) is 0 Å². The van der Waals surface area contributed by atoms with Crippen LogP contribution in [0.15, 0.2) is 0 Å². The number of aliphatic hydroxyl groups is 1. The van der Waals surface area contributed by atoms with Crippen molar-refractivity contribution < 1.29 is 14.6 Å². The van der Waals surface area contributed by atoms with Crippen LogP contribution in [0.1, 0.15) is 27.2 Å². The van der Waals surface area contributed by atoms with Crippen LogP contribution < -0.4 is 0 Å². The molecule has 0 aromatic heterocycles. The summed E-state index contributed by atoms with van der Waals surface area (Å²) in [5.74, 6) is 0. The van der Waals surface area contributed by atoms with Gasteiger partial charge in [0.2, 0.25) is 0 Å². The first-order valence-electron chi connectivity index (χ1n) is 5.90. The fourth-order valence-corrected chi connectivity index (χ4v) is 1.25. The second-order valence-electron chi connectivity index (χ2n) is 4.77. The monoisotopic (exact) mass is 233 g/mol. The number of hydrogen-bond donors (Lipinski definition) is 1. The minimum atomic E-state index is -0.437. The molecule has 0 saturated heterocycles. The molecule has 0 rings (SSSR count). The summed E-state index contributed by atoms with van der Waals surface area (Å²) in [5, 5.41) is 9.77. The van der Waals surface area contributed by atoms with Gasteiger partial charge in [-0.1, -0.05) is 6.92 Å². The van der Waals surface area contributed by atoms with Crippen LogP contribution in [0.4, 0.5) is 0 Å². The highest BCUT2D eigenvalue weighted by Gasteiger charge is 2.22. The molecule has 0 aliphatic heterocycles. The Morgan fingerprint density at radius 2 is 1.94 bits per heavy atom. The molecule has 0 aliphatic carbocycles. The number of aliphatic hydroxyl groups excluding tert-OH is 1. The minimum absolute atomic E-state index is 0.119. The molecule has 4 heteroatoms. The summed E-state index contributed by atoms with van der Waals surface area (Å²) in [7, 11) is 3.67. The predicted molar refractivity (Wildman–Crippen MR) is 65.7 cm³/mol. The molecule has 0 radical (unpaired) electrons. The Morgan fingerprint density at radius 3 is 2.44 bits per heavy atom. The third-order valence-electron chi connectivity index (χ3n) is 3.13. The quantitative estimate of drug-likeness (QED) is 0.606. The van der Waals surface area contributed by atoms with E-state index in [-0.39, 0.29) is 5.54 Å². The van der Waals surface area contributed by atoms with Gasteiger partial charge in [0, 0.05) is 19.2 Å². The van der Waals surface area contributed by atoms with Crippen molar-refractivity contribution in [2.45, 2.75) is 38.8 Å². The van der Waals surface area contributed by atoms with Gasteiger partial charge in [0.05, 0.1) is 25.9 Å². The van der Waals surface area contributed by atoms with Crippen LogP contribution >= 0.6 is 0 Å². The van der Waals surface area contributed by atoms with Crippen molar-refractivity contribution in [3.8, 4) is 0 Å². The van der Waals surface area contributed by atoms with Crippen LogP contribution in [0.3, 0.4) is 0 Å². The van der Waals surface area contributed by atoms with Gasteiger partial charge >= 0.3 is 0 Å². The van der Waals surface area contributed by atoms with Crippen LogP contribution in [-0.4, -0.2) is 62.2 Å². The zero-order valence-corrected chi connectivity index (χ0v) is 11.3. The molecule has 4 nitrogen and oxygen atoms in total. The first-order valence-corrected chi connectivity index (χ1v) is 5.90. The van der Waals surface area contributed by atoms with Gasteiger partial charge in [-0.05, 0) is 27.3 Å². The van der Waals surface area contributed by atoms with Gasteiger partial charge in [-0.15, -0.1) is 0 Å². The minimum Gasteiger partial charge on any atom is -0.389 e. The van der Waals surface area contributed by atoms with Crippen molar-refractivity contribution in [1.29, 1.82) is 0 Å². The molecule has 0 saturated carbocycles. The van der Waals surface area contributed by atoms with Gasteiger partial charge in [0.25, 0.3) is 0 Å². The van der Waals surface area contributed by atoms with E-state index in [1.165, 1.54) is 0 Å². The molecular weight excluding hydrogens is 206 g/mol. The van der Waals surface area contributed by atoms with Crippen molar-refractivity contribution in [2.75, 3.05) is 40.5 Å². The van der Waals surface area contributed by atoms with Gasteiger partial charge in [0.15, 0.2) is 0 Å². The standard InChI is InChI=1S/C12H27NO3/c1-6-12(2,3)13(4)9-11(14)10-16-8-7-15-5/h11,14H,6-10H2,1-5H3. The summed E-state index contributed by atoms with van der Waals surface area (Å²) in [4.78, 5) is 2.16. The lowest BCUT2D eigenvalue weighted by atomic mass is 10.00. The van der Waals surface area contributed by atoms with E-state index in [0.717, 1.165) is 6.42 Å². The van der Waals surface area contributed by atoms with Crippen molar-refractivity contribution >= 4 is 0 Å². The molecule has 98 valence electrons. The number of β-amino-alcohol motifs (C(OH)–C–C–N with tert-alkyl or cyclic N) is 1. The SMILES string of the molecule is CCC(C)(C)N(C)CC(O)COCCOC. The molecule has 0 aliphatic rings. The Bertz CT molecular complexity index is 174. The Hall–Kier alpha value is -0.160. The number of nitrogens with zero attached hydrogens (tertiary/aromatic N) is 1. The zero-order valence-electron chi connectivity index (χ0n) is 11.3. The smallest absolute Gasteiger partial charge is 0.0900 e. The normalized spacial score (nSPS) is 14.4. The van der Waals surface area contributed by atoms with Crippen molar-refractivity contribution in [3.05, 3.63) is 0 Å². The van der Waals surface area contributed by atoms with E-state index in [0.29, 0.717) is 26.4 Å². The average molecular weight is 233 g/mol. The van der Waals surface area contributed by atoms with E-state index < -0.39 is 6.10 Å². The molecule has 1 unspecified atom stereocenters. The van der Waals surface area contributed by atoms with E-state index in [1.54, 1.807) is 7.11 Å². The third kappa shape index (κ3) is 6.43. The zero-order chi connectivity index (χ0) is 12.6. The summed E-state index contributed by atoms with van der Waals surface area (Å²) in [6.07, 6.45) is 0.619. The Kier molecular flexibility index (Phi) is 7.93. The number of hydrogen-bond acceptors (Lipinski definition) is 4. The summed E-state index contributed by atoms with van der Waals surface area (Å²) < 4.78 is 10.1. The molecule has 0 heterocycles. The second kappa shape index (κ2) is 8.01. The predicted octanol–water partition coefficient (Wildman–Crippen LogP) is 1.13. The summed E-state index contributed by atoms with van der Waals surface area (Å²) in [6, 6.07) is 0. The number of methoxy groups -OCH3 is 1. The molecule has 0 amide bonds. The maximum Gasteiger partial charge on any atom is 0.0900 e. The second-order valence-corrected chi connectivity index (χ2v) is 4.77. The first-order chi connectivity index (χ1) is 7.44. The van der Waals surface area contributed by atoms with Gasteiger partial charge in [-0.2, -0.15) is 0 Å². The topological polar surface area (TPSA) is 41.9 Å². The van der Waals surface area contributed by atoms with E-state index in [4.69, 9.17) is 9.47 Å². The molecular formula is C12H27NO3. The average Bonchev–Trinajstić information content (AvgIpc) is 2.24. The summed E-state index contributed by atoms with van der Waals surface area (Å²) >= 11 is 0. The van der Waals surface area contributed by atoms with E-state index >= 15 is 0 Å². The number of likely N-dealkylation sites (N-methyl/N-ethyl adjacent to an activating group) is 1.